The van der Waals surface area contributed by atoms with E-state index in [0.717, 1.165) is 47.6 Å². The molecule has 1 aliphatic rings. The number of ether oxygens (including phenoxy) is 1. The predicted octanol–water partition coefficient (Wildman–Crippen LogP) is 3.56. The van der Waals surface area contributed by atoms with E-state index in [4.69, 9.17) is 4.74 Å². The zero-order chi connectivity index (χ0) is 18.5. The third-order valence-electron chi connectivity index (χ3n) is 4.79. The second-order valence-corrected chi connectivity index (χ2v) is 7.35. The molecule has 1 aromatic carbocycles. The number of methoxy groups -OCH3 is 1. The molecule has 2 aromatic rings. The lowest BCUT2D eigenvalue weighted by Gasteiger charge is -2.35. The second kappa shape index (κ2) is 8.75. The van der Waals surface area contributed by atoms with Gasteiger partial charge in [-0.1, -0.05) is 30.3 Å². The Kier molecular flexibility index (Phi) is 6.40. The molecule has 0 spiro atoms. The van der Waals surface area contributed by atoms with Gasteiger partial charge in [-0.05, 0) is 28.9 Å². The predicted molar refractivity (Wildman–Crippen MR) is 107 cm³/mol. The van der Waals surface area contributed by atoms with Crippen LogP contribution in [0.1, 0.15) is 29.1 Å². The number of pyridine rings is 1. The molecule has 0 unspecified atom stereocenters. The van der Waals surface area contributed by atoms with Crippen molar-refractivity contribution < 1.29 is 9.53 Å². The zero-order valence-electron chi connectivity index (χ0n) is 15.2. The number of carbonyl (C=O) groups excluding carboxylic acids is 1. The van der Waals surface area contributed by atoms with Crippen LogP contribution in [0.25, 0.3) is 0 Å². The van der Waals surface area contributed by atoms with E-state index in [1.165, 1.54) is 0 Å². The summed E-state index contributed by atoms with van der Waals surface area (Å²) in [6.07, 6.45) is 1.86. The van der Waals surface area contributed by atoms with Crippen molar-refractivity contribution >= 4 is 27.4 Å². The number of hydrogen-bond donors (Lipinski definition) is 0. The van der Waals surface area contributed by atoms with E-state index in [2.05, 4.69) is 36.8 Å². The molecule has 0 N–H and O–H groups in total. The lowest BCUT2D eigenvalue weighted by atomic mass is 10.1. The van der Waals surface area contributed by atoms with Gasteiger partial charge in [0.2, 0.25) is 0 Å². The maximum absolute atomic E-state index is 12.4. The van der Waals surface area contributed by atoms with Crippen LogP contribution in [0.2, 0.25) is 0 Å². The summed E-state index contributed by atoms with van der Waals surface area (Å²) in [7, 11) is 1.68. The van der Waals surface area contributed by atoms with Crippen molar-refractivity contribution in [1.82, 2.24) is 9.88 Å². The maximum atomic E-state index is 12.4. The molecule has 0 aliphatic carbocycles. The molecule has 26 heavy (non-hydrogen) atoms. The topological polar surface area (TPSA) is 45.7 Å². The summed E-state index contributed by atoms with van der Waals surface area (Å²) in [4.78, 5) is 21.4. The molecule has 0 bridgehead atoms. The largest absolute Gasteiger partial charge is 0.375 e. The first-order valence-corrected chi connectivity index (χ1v) is 9.61. The van der Waals surface area contributed by atoms with E-state index in [0.29, 0.717) is 6.54 Å². The lowest BCUT2D eigenvalue weighted by molar-refractivity contribution is 0.0926. The highest BCUT2D eigenvalue weighted by molar-refractivity contribution is 9.10. The summed E-state index contributed by atoms with van der Waals surface area (Å²) < 4.78 is 6.31. The molecule has 1 aliphatic heterocycles. The minimum absolute atomic E-state index is 0.0423. The van der Waals surface area contributed by atoms with Crippen molar-refractivity contribution in [2.45, 2.75) is 13.0 Å². The van der Waals surface area contributed by atoms with Crippen molar-refractivity contribution in [2.75, 3.05) is 44.7 Å². The lowest BCUT2D eigenvalue weighted by Crippen LogP contribution is -2.48. The smallest absolute Gasteiger partial charge is 0.176 e. The Hall–Kier alpha value is -1.76. The Morgan fingerprint density at radius 1 is 1.23 bits per heavy atom. The minimum Gasteiger partial charge on any atom is -0.375 e. The van der Waals surface area contributed by atoms with Crippen molar-refractivity contribution in [3.05, 3.63) is 58.3 Å². The number of hydrogen-bond acceptors (Lipinski definition) is 5. The normalized spacial score (nSPS) is 16.5. The third kappa shape index (κ3) is 4.50. The van der Waals surface area contributed by atoms with Crippen LogP contribution in [0, 0.1) is 0 Å². The fraction of sp³-hybridized carbons (Fsp3) is 0.400. The Labute approximate surface area is 163 Å². The standard InChI is InChI=1S/C20H24BrN3O2/c1-15(26-2)20-18(21)12-17(13-22-20)24-10-8-23(9-11-24)14-19(25)16-6-4-3-5-7-16/h3-7,12-13,15H,8-11,14H2,1-2H3/t15-/m0/s1. The fourth-order valence-corrected chi connectivity index (χ4v) is 3.76. The highest BCUT2D eigenvalue weighted by atomic mass is 79.9. The van der Waals surface area contributed by atoms with E-state index in [1.807, 2.05) is 43.5 Å². The molecule has 5 nitrogen and oxygen atoms in total. The molecule has 1 fully saturated rings. The highest BCUT2D eigenvalue weighted by Crippen LogP contribution is 2.27. The SMILES string of the molecule is CO[C@@H](C)c1ncc(N2CCN(CC(=O)c3ccccc3)CC2)cc1Br. The van der Waals surface area contributed by atoms with Gasteiger partial charge in [-0.25, -0.2) is 0 Å². The maximum Gasteiger partial charge on any atom is 0.176 e. The summed E-state index contributed by atoms with van der Waals surface area (Å²) in [5.41, 5.74) is 2.78. The van der Waals surface area contributed by atoms with Crippen molar-refractivity contribution in [1.29, 1.82) is 0 Å². The molecule has 0 radical (unpaired) electrons. The van der Waals surface area contributed by atoms with Crippen LogP contribution in [-0.2, 0) is 4.74 Å². The molecule has 1 saturated heterocycles. The molecule has 0 amide bonds. The first-order valence-electron chi connectivity index (χ1n) is 8.82. The summed E-state index contributed by atoms with van der Waals surface area (Å²) in [5, 5.41) is 0. The third-order valence-corrected chi connectivity index (χ3v) is 5.43. The number of ketones is 1. The van der Waals surface area contributed by atoms with E-state index in [9.17, 15) is 4.79 Å². The van der Waals surface area contributed by atoms with Crippen LogP contribution in [0.15, 0.2) is 47.1 Å². The molecular weight excluding hydrogens is 394 g/mol. The number of carbonyl (C=O) groups is 1. The van der Waals surface area contributed by atoms with Gasteiger partial charge in [0.1, 0.15) is 0 Å². The summed E-state index contributed by atoms with van der Waals surface area (Å²) in [6.45, 7) is 5.96. The number of aromatic nitrogens is 1. The Balaban J connectivity index is 1.57. The van der Waals surface area contributed by atoms with Crippen LogP contribution in [0.3, 0.4) is 0 Å². The van der Waals surface area contributed by atoms with Crippen molar-refractivity contribution in [3.63, 3.8) is 0 Å². The van der Waals surface area contributed by atoms with Gasteiger partial charge in [0.05, 0.1) is 30.2 Å². The average Bonchev–Trinajstić information content (AvgIpc) is 2.68. The minimum atomic E-state index is -0.0423. The number of nitrogens with zero attached hydrogens (tertiary/aromatic N) is 3. The molecule has 6 heteroatoms. The van der Waals surface area contributed by atoms with Crippen LogP contribution in [-0.4, -0.2) is 55.5 Å². The number of benzene rings is 1. The van der Waals surface area contributed by atoms with Gasteiger partial charge < -0.3 is 9.64 Å². The number of halogens is 1. The van der Waals surface area contributed by atoms with Gasteiger partial charge >= 0.3 is 0 Å². The molecular formula is C20H24BrN3O2. The van der Waals surface area contributed by atoms with Gasteiger partial charge in [0, 0.05) is 43.3 Å². The van der Waals surface area contributed by atoms with Crippen LogP contribution >= 0.6 is 15.9 Å². The Morgan fingerprint density at radius 3 is 2.54 bits per heavy atom. The van der Waals surface area contributed by atoms with Gasteiger partial charge in [-0.2, -0.15) is 0 Å². The summed E-state index contributed by atoms with van der Waals surface area (Å²) >= 11 is 3.60. The van der Waals surface area contributed by atoms with Crippen LogP contribution in [0.5, 0.6) is 0 Å². The Bertz CT molecular complexity index is 746. The summed E-state index contributed by atoms with van der Waals surface area (Å²) in [5.74, 6) is 0.182. The highest BCUT2D eigenvalue weighted by Gasteiger charge is 2.21. The molecule has 138 valence electrons. The molecule has 2 heterocycles. The zero-order valence-corrected chi connectivity index (χ0v) is 16.8. The number of anilines is 1. The van der Waals surface area contributed by atoms with Crippen LogP contribution in [0.4, 0.5) is 5.69 Å². The van der Waals surface area contributed by atoms with Gasteiger partial charge in [0.25, 0.3) is 0 Å². The van der Waals surface area contributed by atoms with Gasteiger partial charge in [0.15, 0.2) is 5.78 Å². The fourth-order valence-electron chi connectivity index (χ4n) is 3.10. The number of Topliss-reactive ketones (excluding diaryl/α,β-unsaturated/α-hetero) is 1. The van der Waals surface area contributed by atoms with Gasteiger partial charge in [-0.15, -0.1) is 0 Å². The molecule has 1 atom stereocenters. The Morgan fingerprint density at radius 2 is 1.92 bits per heavy atom. The number of rotatable bonds is 6. The molecule has 1 aromatic heterocycles. The second-order valence-electron chi connectivity index (χ2n) is 6.49. The summed E-state index contributed by atoms with van der Waals surface area (Å²) in [6, 6.07) is 11.6. The van der Waals surface area contributed by atoms with Gasteiger partial charge in [-0.3, -0.25) is 14.7 Å². The number of piperazine rings is 1. The van der Waals surface area contributed by atoms with E-state index >= 15 is 0 Å². The van der Waals surface area contributed by atoms with Crippen molar-refractivity contribution in [2.24, 2.45) is 0 Å². The van der Waals surface area contributed by atoms with E-state index in [1.54, 1.807) is 7.11 Å². The monoisotopic (exact) mass is 417 g/mol. The molecule has 0 saturated carbocycles. The van der Waals surface area contributed by atoms with E-state index in [-0.39, 0.29) is 11.9 Å². The van der Waals surface area contributed by atoms with Crippen LogP contribution < -0.4 is 4.90 Å². The van der Waals surface area contributed by atoms with E-state index < -0.39 is 0 Å². The molecule has 3 rings (SSSR count). The quantitative estimate of drug-likeness (QED) is 0.672. The first-order chi connectivity index (χ1) is 12.6. The van der Waals surface area contributed by atoms with Crippen molar-refractivity contribution in [3.8, 4) is 0 Å². The average molecular weight is 418 g/mol. The first kappa shape index (κ1) is 19.0.